The highest BCUT2D eigenvalue weighted by Crippen LogP contribution is 2.13. The van der Waals surface area contributed by atoms with Crippen molar-refractivity contribution in [1.29, 1.82) is 0 Å². The van der Waals surface area contributed by atoms with Crippen LogP contribution < -0.4 is 16.6 Å². The third-order valence-electron chi connectivity index (χ3n) is 4.92. The highest BCUT2D eigenvalue weighted by Gasteiger charge is 2.08. The van der Waals surface area contributed by atoms with Crippen LogP contribution in [0, 0.1) is 10.1 Å². The number of aryl methyl sites for hydroxylation is 1. The van der Waals surface area contributed by atoms with E-state index in [2.05, 4.69) is 16.8 Å². The van der Waals surface area contributed by atoms with Crippen LogP contribution in [0.2, 0.25) is 0 Å². The molecule has 35 heavy (non-hydrogen) atoms. The molecule has 0 saturated carbocycles. The van der Waals surface area contributed by atoms with E-state index >= 15 is 0 Å². The van der Waals surface area contributed by atoms with Crippen molar-refractivity contribution < 1.29 is 24.7 Å². The molecule has 13 heteroatoms. The number of benzene rings is 1. The summed E-state index contributed by atoms with van der Waals surface area (Å²) in [4.78, 5) is 54.5. The van der Waals surface area contributed by atoms with Crippen LogP contribution in [0.1, 0.15) is 12.0 Å². The second kappa shape index (κ2) is 14.1. The number of carboxylic acid groups (broad SMARTS) is 2. The fraction of sp³-hybridized carbons (Fsp3) is 0.364. The van der Waals surface area contributed by atoms with E-state index in [1.165, 1.54) is 29.8 Å². The lowest BCUT2D eigenvalue weighted by Gasteiger charge is -2.21. The minimum atomic E-state index is -1.82. The van der Waals surface area contributed by atoms with Gasteiger partial charge in [0.2, 0.25) is 0 Å². The Bertz CT molecular complexity index is 1140. The van der Waals surface area contributed by atoms with Crippen LogP contribution in [0.4, 0.5) is 11.5 Å². The summed E-state index contributed by atoms with van der Waals surface area (Å²) in [6.45, 7) is 6.64. The molecule has 0 aliphatic carbocycles. The van der Waals surface area contributed by atoms with Gasteiger partial charge in [0.1, 0.15) is 5.82 Å². The first-order valence-corrected chi connectivity index (χ1v) is 10.5. The molecule has 0 bridgehead atoms. The third kappa shape index (κ3) is 9.63. The molecular weight excluding hydrogens is 462 g/mol. The van der Waals surface area contributed by atoms with Crippen LogP contribution in [-0.2, 0) is 30.1 Å². The van der Waals surface area contributed by atoms with Crippen LogP contribution >= 0.6 is 0 Å². The average Bonchev–Trinajstić information content (AvgIpc) is 2.81. The zero-order valence-electron chi connectivity index (χ0n) is 19.5. The van der Waals surface area contributed by atoms with E-state index in [1.54, 1.807) is 19.2 Å². The Morgan fingerprint density at radius 1 is 1.11 bits per heavy atom. The highest BCUT2D eigenvalue weighted by molar-refractivity contribution is 6.27. The van der Waals surface area contributed by atoms with Gasteiger partial charge in [-0.2, -0.15) is 0 Å². The molecule has 0 aliphatic rings. The Hall–Kier alpha value is -4.26. The minimum Gasteiger partial charge on any atom is -0.473 e. The summed E-state index contributed by atoms with van der Waals surface area (Å²) in [6.07, 6.45) is 3.55. The number of rotatable bonds is 11. The van der Waals surface area contributed by atoms with Gasteiger partial charge in [-0.05, 0) is 24.9 Å². The molecule has 1 heterocycles. The zero-order valence-corrected chi connectivity index (χ0v) is 19.5. The van der Waals surface area contributed by atoms with E-state index in [4.69, 9.17) is 19.8 Å². The number of aromatic nitrogens is 2. The molecule has 0 radical (unpaired) electrons. The molecule has 0 spiro atoms. The second-order valence-corrected chi connectivity index (χ2v) is 7.42. The number of hydrogen-bond donors (Lipinski definition) is 3. The molecule has 13 nitrogen and oxygen atoms in total. The van der Waals surface area contributed by atoms with E-state index in [9.17, 15) is 19.7 Å². The third-order valence-corrected chi connectivity index (χ3v) is 4.92. The summed E-state index contributed by atoms with van der Waals surface area (Å²) < 4.78 is 2.47. The van der Waals surface area contributed by atoms with Gasteiger partial charge in [0, 0.05) is 51.9 Å². The summed E-state index contributed by atoms with van der Waals surface area (Å²) in [5.41, 5.74) is 0.438. The van der Waals surface area contributed by atoms with Crippen LogP contribution in [-0.4, -0.2) is 67.3 Å². The number of nitro groups is 1. The first-order valence-electron chi connectivity index (χ1n) is 10.5. The van der Waals surface area contributed by atoms with Gasteiger partial charge in [-0.1, -0.05) is 18.2 Å². The molecule has 3 N–H and O–H groups in total. The molecule has 0 unspecified atom stereocenters. The monoisotopic (exact) mass is 491 g/mol. The first-order chi connectivity index (χ1) is 16.5. The highest BCUT2D eigenvalue weighted by atomic mass is 16.6. The quantitative estimate of drug-likeness (QED) is 0.175. The molecule has 190 valence electrons. The van der Waals surface area contributed by atoms with Crippen LogP contribution in [0.15, 0.2) is 52.6 Å². The molecule has 2 aromatic rings. The summed E-state index contributed by atoms with van der Waals surface area (Å²) in [5.74, 6) is -3.16. The standard InChI is InChI=1S/C20H27N5O4.C2H2O4/c1-4-12-24(13-5-6-16-7-9-17(10-8-16)25(28)29)14-11-21-18-15-19(26)23(3)20(27)22(18)2;3-1(4)2(5)6/h4,7-10,15,21H,1,5-6,11-14H2,2-3H3;(H,3,4)(H,5,6). The SMILES string of the molecule is C=CCN(CCCc1ccc([N+](=O)[O-])cc1)CCNc1cc(=O)n(C)c(=O)n1C.O=C(O)C(=O)O. The molecule has 0 atom stereocenters. The lowest BCUT2D eigenvalue weighted by atomic mass is 10.1. The van der Waals surface area contributed by atoms with Gasteiger partial charge < -0.3 is 15.5 Å². The second-order valence-electron chi connectivity index (χ2n) is 7.42. The van der Waals surface area contributed by atoms with Crippen molar-refractivity contribution in [1.82, 2.24) is 14.0 Å². The molecule has 2 rings (SSSR count). The fourth-order valence-corrected chi connectivity index (χ4v) is 3.01. The summed E-state index contributed by atoms with van der Waals surface area (Å²) in [5, 5.41) is 28.6. The predicted molar refractivity (Wildman–Crippen MR) is 129 cm³/mol. The van der Waals surface area contributed by atoms with Crippen LogP contribution in [0.25, 0.3) is 0 Å². The first kappa shape index (κ1) is 28.8. The number of hydrogen-bond acceptors (Lipinski definition) is 8. The van der Waals surface area contributed by atoms with Crippen LogP contribution in [0.5, 0.6) is 0 Å². The van der Waals surface area contributed by atoms with Crippen molar-refractivity contribution in [2.24, 2.45) is 14.1 Å². The van der Waals surface area contributed by atoms with E-state index < -0.39 is 16.9 Å². The molecule has 0 fully saturated rings. The minimum absolute atomic E-state index is 0.0956. The zero-order chi connectivity index (χ0) is 26.5. The van der Waals surface area contributed by atoms with Gasteiger partial charge in [-0.3, -0.25) is 28.9 Å². The summed E-state index contributed by atoms with van der Waals surface area (Å²) >= 11 is 0. The van der Waals surface area contributed by atoms with Gasteiger partial charge in [0.05, 0.1) is 4.92 Å². The molecule has 0 saturated heterocycles. The number of nitrogens with one attached hydrogen (secondary N) is 1. The Morgan fingerprint density at radius 2 is 1.71 bits per heavy atom. The van der Waals surface area contributed by atoms with Crippen molar-refractivity contribution in [2.75, 3.05) is 31.5 Å². The topological polar surface area (TPSA) is 177 Å². The average molecular weight is 492 g/mol. The Labute approximate surface area is 200 Å². The normalized spacial score (nSPS) is 10.3. The smallest absolute Gasteiger partial charge is 0.414 e. The molecule has 1 aromatic carbocycles. The number of nitro benzene ring substituents is 1. The predicted octanol–water partition coefficient (Wildman–Crippen LogP) is 0.681. The van der Waals surface area contributed by atoms with Crippen molar-refractivity contribution in [3.63, 3.8) is 0 Å². The lowest BCUT2D eigenvalue weighted by Crippen LogP contribution is -2.38. The number of aliphatic carboxylic acids is 2. The van der Waals surface area contributed by atoms with Gasteiger partial charge >= 0.3 is 17.6 Å². The van der Waals surface area contributed by atoms with Gasteiger partial charge in [-0.25, -0.2) is 14.4 Å². The molecule has 1 aromatic heterocycles. The Kier molecular flexibility index (Phi) is 11.6. The van der Waals surface area contributed by atoms with Crippen molar-refractivity contribution >= 4 is 23.4 Å². The lowest BCUT2D eigenvalue weighted by molar-refractivity contribution is -0.384. The maximum Gasteiger partial charge on any atom is 0.414 e. The Morgan fingerprint density at radius 3 is 2.23 bits per heavy atom. The van der Waals surface area contributed by atoms with Gasteiger partial charge in [0.25, 0.3) is 11.2 Å². The van der Waals surface area contributed by atoms with Crippen molar-refractivity contribution in [2.45, 2.75) is 12.8 Å². The largest absolute Gasteiger partial charge is 0.473 e. The maximum absolute atomic E-state index is 12.0. The Balaban J connectivity index is 0.000000905. The van der Waals surface area contributed by atoms with Crippen molar-refractivity contribution in [3.8, 4) is 0 Å². The number of carboxylic acids is 2. The fourth-order valence-electron chi connectivity index (χ4n) is 3.01. The van der Waals surface area contributed by atoms with E-state index in [-0.39, 0.29) is 16.9 Å². The van der Waals surface area contributed by atoms with Gasteiger partial charge in [0.15, 0.2) is 0 Å². The molecular formula is C22H29N5O8. The number of anilines is 1. The van der Waals surface area contributed by atoms with E-state index in [0.29, 0.717) is 12.4 Å². The van der Waals surface area contributed by atoms with Crippen LogP contribution in [0.3, 0.4) is 0 Å². The molecule has 0 aliphatic heterocycles. The number of nitrogens with zero attached hydrogens (tertiary/aromatic N) is 4. The number of non-ortho nitro benzene ring substituents is 1. The van der Waals surface area contributed by atoms with Gasteiger partial charge in [-0.15, -0.1) is 6.58 Å². The van der Waals surface area contributed by atoms with Crippen molar-refractivity contribution in [3.05, 3.63) is 79.5 Å². The summed E-state index contributed by atoms with van der Waals surface area (Å²) in [6, 6.07) is 8.03. The van der Waals surface area contributed by atoms with E-state index in [1.807, 2.05) is 6.08 Å². The summed E-state index contributed by atoms with van der Waals surface area (Å²) in [7, 11) is 3.07. The van der Waals surface area contributed by atoms with E-state index in [0.717, 1.165) is 42.6 Å². The maximum atomic E-state index is 12.0. The molecule has 0 amide bonds. The number of carbonyl (C=O) groups is 2.